The molecule has 0 aliphatic carbocycles. The Morgan fingerprint density at radius 2 is 1.60 bits per heavy atom. The van der Waals surface area contributed by atoms with Crippen molar-refractivity contribution >= 4 is 10.8 Å². The summed E-state index contributed by atoms with van der Waals surface area (Å²) in [5.74, 6) is 0.662. The first-order valence-electron chi connectivity index (χ1n) is 6.47. The van der Waals surface area contributed by atoms with E-state index < -0.39 is 0 Å². The van der Waals surface area contributed by atoms with Gasteiger partial charge in [-0.3, -0.25) is 0 Å². The summed E-state index contributed by atoms with van der Waals surface area (Å²) in [6.07, 6.45) is 0. The van der Waals surface area contributed by atoms with E-state index in [1.165, 1.54) is 0 Å². The first-order valence-corrected chi connectivity index (χ1v) is 6.47. The van der Waals surface area contributed by atoms with Gasteiger partial charge in [-0.25, -0.2) is 0 Å². The van der Waals surface area contributed by atoms with Gasteiger partial charge in [-0.05, 0) is 17.0 Å². The molecule has 3 aromatic carbocycles. The average Bonchev–Trinajstić information content (AvgIpc) is 2.53. The van der Waals surface area contributed by atoms with Gasteiger partial charge >= 0.3 is 0 Å². The zero-order valence-corrected chi connectivity index (χ0v) is 10.9. The van der Waals surface area contributed by atoms with Gasteiger partial charge in [0.15, 0.2) is 0 Å². The molecule has 96 valence electrons. The maximum atomic E-state index is 9.25. The number of hydrogen-bond acceptors (Lipinski definition) is 2. The standard InChI is InChI=1S/C18H13NO/c19-12-16-11-10-15-8-4-5-9-17(15)18(16)20-13-14-6-2-1-3-7-14/h1-11H,13H2. The molecule has 0 spiro atoms. The minimum absolute atomic E-state index is 0.462. The minimum atomic E-state index is 0.462. The SMILES string of the molecule is N#Cc1ccc2ccccc2c1OCc1ccccc1. The third-order valence-electron chi connectivity index (χ3n) is 3.23. The molecule has 0 radical (unpaired) electrons. The van der Waals surface area contributed by atoms with E-state index in [9.17, 15) is 5.26 Å². The molecule has 3 aromatic rings. The monoisotopic (exact) mass is 259 g/mol. The second-order valence-corrected chi connectivity index (χ2v) is 4.55. The van der Waals surface area contributed by atoms with Crippen LogP contribution in [0.5, 0.6) is 5.75 Å². The highest BCUT2D eigenvalue weighted by molar-refractivity contribution is 5.90. The van der Waals surface area contributed by atoms with Gasteiger partial charge in [-0.1, -0.05) is 60.7 Å². The molecule has 20 heavy (non-hydrogen) atoms. The lowest BCUT2D eigenvalue weighted by atomic mass is 10.1. The lowest BCUT2D eigenvalue weighted by Gasteiger charge is -2.11. The fraction of sp³-hybridized carbons (Fsp3) is 0.0556. The van der Waals surface area contributed by atoms with E-state index in [-0.39, 0.29) is 0 Å². The smallest absolute Gasteiger partial charge is 0.145 e. The zero-order valence-electron chi connectivity index (χ0n) is 10.9. The van der Waals surface area contributed by atoms with Crippen LogP contribution in [-0.4, -0.2) is 0 Å². The van der Waals surface area contributed by atoms with E-state index in [0.717, 1.165) is 16.3 Å². The van der Waals surface area contributed by atoms with E-state index in [4.69, 9.17) is 4.74 Å². The summed E-state index contributed by atoms with van der Waals surface area (Å²) in [5.41, 5.74) is 1.66. The van der Waals surface area contributed by atoms with Crippen molar-refractivity contribution in [2.45, 2.75) is 6.61 Å². The molecule has 0 N–H and O–H groups in total. The van der Waals surface area contributed by atoms with Crippen LogP contribution in [0.1, 0.15) is 11.1 Å². The van der Waals surface area contributed by atoms with E-state index in [1.807, 2.05) is 66.7 Å². The van der Waals surface area contributed by atoms with Gasteiger partial charge in [-0.2, -0.15) is 5.26 Å². The summed E-state index contributed by atoms with van der Waals surface area (Å²) in [5, 5.41) is 11.3. The Morgan fingerprint density at radius 1 is 0.850 bits per heavy atom. The number of rotatable bonds is 3. The quantitative estimate of drug-likeness (QED) is 0.703. The van der Waals surface area contributed by atoms with Crippen molar-refractivity contribution < 1.29 is 4.74 Å². The molecular formula is C18H13NO. The summed E-state index contributed by atoms with van der Waals surface area (Å²) in [6.45, 7) is 0.462. The number of nitriles is 1. The summed E-state index contributed by atoms with van der Waals surface area (Å²) in [4.78, 5) is 0. The number of benzene rings is 3. The topological polar surface area (TPSA) is 33.0 Å². The Morgan fingerprint density at radius 3 is 2.40 bits per heavy atom. The van der Waals surface area contributed by atoms with Gasteiger partial charge in [0.1, 0.15) is 18.4 Å². The Hall–Kier alpha value is -2.79. The number of hydrogen-bond donors (Lipinski definition) is 0. The molecule has 0 fully saturated rings. The van der Waals surface area contributed by atoms with Crippen molar-refractivity contribution in [2.24, 2.45) is 0 Å². The molecule has 2 nitrogen and oxygen atoms in total. The molecule has 2 heteroatoms. The van der Waals surface area contributed by atoms with E-state index in [0.29, 0.717) is 17.9 Å². The second-order valence-electron chi connectivity index (χ2n) is 4.55. The molecule has 0 heterocycles. The van der Waals surface area contributed by atoms with Crippen molar-refractivity contribution in [3.05, 3.63) is 77.9 Å². The summed E-state index contributed by atoms with van der Waals surface area (Å²) < 4.78 is 5.90. The number of fused-ring (bicyclic) bond motifs is 1. The highest BCUT2D eigenvalue weighted by Gasteiger charge is 2.08. The van der Waals surface area contributed by atoms with Crippen LogP contribution in [0.3, 0.4) is 0 Å². The van der Waals surface area contributed by atoms with E-state index in [2.05, 4.69) is 6.07 Å². The molecule has 0 saturated carbocycles. The van der Waals surface area contributed by atoms with Gasteiger partial charge in [-0.15, -0.1) is 0 Å². The molecule has 0 amide bonds. The number of nitrogens with zero attached hydrogens (tertiary/aromatic N) is 1. The van der Waals surface area contributed by atoms with Crippen LogP contribution < -0.4 is 4.74 Å². The largest absolute Gasteiger partial charge is 0.487 e. The minimum Gasteiger partial charge on any atom is -0.487 e. The van der Waals surface area contributed by atoms with Crippen LogP contribution in [0.15, 0.2) is 66.7 Å². The lowest BCUT2D eigenvalue weighted by Crippen LogP contribution is -1.98. The van der Waals surface area contributed by atoms with Crippen LogP contribution in [0.25, 0.3) is 10.8 Å². The molecule has 0 aromatic heterocycles. The second kappa shape index (κ2) is 5.46. The Labute approximate surface area is 117 Å². The van der Waals surface area contributed by atoms with Crippen LogP contribution in [0.2, 0.25) is 0 Å². The van der Waals surface area contributed by atoms with Crippen molar-refractivity contribution in [3.63, 3.8) is 0 Å². The molecule has 0 aliphatic rings. The predicted octanol–water partition coefficient (Wildman–Crippen LogP) is 4.29. The van der Waals surface area contributed by atoms with E-state index >= 15 is 0 Å². The van der Waals surface area contributed by atoms with Gasteiger partial charge in [0.25, 0.3) is 0 Å². The van der Waals surface area contributed by atoms with E-state index in [1.54, 1.807) is 0 Å². The summed E-state index contributed by atoms with van der Waals surface area (Å²) in [6, 6.07) is 23.9. The average molecular weight is 259 g/mol. The van der Waals surface area contributed by atoms with Crippen molar-refractivity contribution in [1.82, 2.24) is 0 Å². The van der Waals surface area contributed by atoms with Crippen molar-refractivity contribution in [3.8, 4) is 11.8 Å². The Balaban J connectivity index is 1.99. The maximum Gasteiger partial charge on any atom is 0.145 e. The predicted molar refractivity (Wildman–Crippen MR) is 79.4 cm³/mol. The normalized spacial score (nSPS) is 10.2. The molecule has 0 saturated heterocycles. The van der Waals surface area contributed by atoms with Crippen molar-refractivity contribution in [1.29, 1.82) is 5.26 Å². The Kier molecular flexibility index (Phi) is 3.34. The lowest BCUT2D eigenvalue weighted by molar-refractivity contribution is 0.309. The number of ether oxygens (including phenoxy) is 1. The molecule has 0 atom stereocenters. The zero-order chi connectivity index (χ0) is 13.8. The van der Waals surface area contributed by atoms with Crippen LogP contribution in [0.4, 0.5) is 0 Å². The highest BCUT2D eigenvalue weighted by Crippen LogP contribution is 2.30. The first-order chi connectivity index (χ1) is 9.88. The summed E-state index contributed by atoms with van der Waals surface area (Å²) in [7, 11) is 0. The first kappa shape index (κ1) is 12.3. The van der Waals surface area contributed by atoms with Gasteiger partial charge in [0, 0.05) is 5.39 Å². The van der Waals surface area contributed by atoms with Gasteiger partial charge < -0.3 is 4.74 Å². The molecule has 3 rings (SSSR count). The van der Waals surface area contributed by atoms with Crippen LogP contribution in [0, 0.1) is 11.3 Å². The van der Waals surface area contributed by atoms with Crippen LogP contribution in [-0.2, 0) is 6.61 Å². The fourth-order valence-corrected chi connectivity index (χ4v) is 2.22. The Bertz CT molecular complexity index is 772. The maximum absolute atomic E-state index is 9.25. The molecule has 0 bridgehead atoms. The van der Waals surface area contributed by atoms with Crippen molar-refractivity contribution in [2.75, 3.05) is 0 Å². The fourth-order valence-electron chi connectivity index (χ4n) is 2.22. The highest BCUT2D eigenvalue weighted by atomic mass is 16.5. The molecule has 0 aliphatic heterocycles. The third-order valence-corrected chi connectivity index (χ3v) is 3.23. The summed E-state index contributed by atoms with van der Waals surface area (Å²) >= 11 is 0. The van der Waals surface area contributed by atoms with Gasteiger partial charge in [0.05, 0.1) is 5.56 Å². The van der Waals surface area contributed by atoms with Gasteiger partial charge in [0.2, 0.25) is 0 Å². The molecule has 0 unspecified atom stereocenters. The molecular weight excluding hydrogens is 246 g/mol. The third kappa shape index (κ3) is 2.34. The van der Waals surface area contributed by atoms with Crippen LogP contribution >= 0.6 is 0 Å².